The fourth-order valence-electron chi connectivity index (χ4n) is 1.22. The van der Waals surface area contributed by atoms with Gasteiger partial charge in [-0.15, -0.1) is 0 Å². The number of aliphatic hydroxyl groups is 1. The van der Waals surface area contributed by atoms with Crippen LogP contribution in [0.15, 0.2) is 18.2 Å². The molecule has 2 atom stereocenters. The molecule has 0 radical (unpaired) electrons. The molecule has 0 saturated carbocycles. The Morgan fingerprint density at radius 3 is 2.35 bits per heavy atom. The average molecular weight is 268 g/mol. The van der Waals surface area contributed by atoms with Crippen molar-refractivity contribution in [3.63, 3.8) is 0 Å². The van der Waals surface area contributed by atoms with Crippen molar-refractivity contribution in [2.75, 3.05) is 5.32 Å². The monoisotopic (exact) mass is 267 g/mol. The summed E-state index contributed by atoms with van der Waals surface area (Å²) in [7, 11) is 0. The standard InChI is InChI=1S/C11H13ClF3NO/c1-6(7(2)17)16-8-3-4-10(12)9(5-8)11(13,14)15/h3-7,16-17H,1-2H3. The van der Waals surface area contributed by atoms with Gasteiger partial charge >= 0.3 is 6.18 Å². The molecule has 0 amide bonds. The number of nitrogens with one attached hydrogen (secondary N) is 1. The Morgan fingerprint density at radius 1 is 1.29 bits per heavy atom. The van der Waals surface area contributed by atoms with Crippen molar-refractivity contribution in [3.05, 3.63) is 28.8 Å². The van der Waals surface area contributed by atoms with E-state index >= 15 is 0 Å². The molecule has 96 valence electrons. The van der Waals surface area contributed by atoms with Crippen LogP contribution in [-0.4, -0.2) is 17.3 Å². The van der Waals surface area contributed by atoms with Crippen LogP contribution < -0.4 is 5.32 Å². The van der Waals surface area contributed by atoms with E-state index < -0.39 is 17.8 Å². The zero-order valence-electron chi connectivity index (χ0n) is 9.35. The fraction of sp³-hybridized carbons (Fsp3) is 0.455. The third kappa shape index (κ3) is 3.78. The van der Waals surface area contributed by atoms with Gasteiger partial charge in [-0.3, -0.25) is 0 Å². The van der Waals surface area contributed by atoms with E-state index in [1.54, 1.807) is 13.8 Å². The van der Waals surface area contributed by atoms with Crippen LogP contribution in [0.5, 0.6) is 0 Å². The molecule has 2 nitrogen and oxygen atoms in total. The number of anilines is 1. The van der Waals surface area contributed by atoms with E-state index in [9.17, 15) is 18.3 Å². The third-order valence-electron chi connectivity index (χ3n) is 2.39. The fourth-order valence-corrected chi connectivity index (χ4v) is 1.44. The van der Waals surface area contributed by atoms with Gasteiger partial charge in [-0.1, -0.05) is 11.6 Å². The van der Waals surface area contributed by atoms with Crippen molar-refractivity contribution in [3.8, 4) is 0 Å². The van der Waals surface area contributed by atoms with Gasteiger partial charge in [0, 0.05) is 11.7 Å². The Balaban J connectivity index is 2.97. The summed E-state index contributed by atoms with van der Waals surface area (Å²) in [6, 6.07) is 3.20. The van der Waals surface area contributed by atoms with E-state index in [1.165, 1.54) is 12.1 Å². The largest absolute Gasteiger partial charge is 0.417 e. The van der Waals surface area contributed by atoms with Crippen molar-refractivity contribution in [2.45, 2.75) is 32.2 Å². The van der Waals surface area contributed by atoms with Crippen molar-refractivity contribution in [1.82, 2.24) is 0 Å². The molecule has 2 unspecified atom stereocenters. The van der Waals surface area contributed by atoms with Crippen LogP contribution in [0.2, 0.25) is 5.02 Å². The molecule has 0 spiro atoms. The highest BCUT2D eigenvalue weighted by Gasteiger charge is 2.33. The molecule has 1 rings (SSSR count). The van der Waals surface area contributed by atoms with E-state index in [-0.39, 0.29) is 16.8 Å². The van der Waals surface area contributed by atoms with E-state index in [1.807, 2.05) is 0 Å². The number of halogens is 4. The maximum atomic E-state index is 12.6. The smallest absolute Gasteiger partial charge is 0.391 e. The lowest BCUT2D eigenvalue weighted by atomic mass is 10.1. The predicted octanol–water partition coefficient (Wildman–Crippen LogP) is 3.54. The molecule has 0 bridgehead atoms. The summed E-state index contributed by atoms with van der Waals surface area (Å²) in [4.78, 5) is 0. The second-order valence-electron chi connectivity index (χ2n) is 3.87. The van der Waals surface area contributed by atoms with Crippen LogP contribution in [0, 0.1) is 0 Å². The van der Waals surface area contributed by atoms with Crippen molar-refractivity contribution >= 4 is 17.3 Å². The molecule has 1 aromatic carbocycles. The molecule has 0 heterocycles. The first-order valence-electron chi connectivity index (χ1n) is 5.03. The van der Waals surface area contributed by atoms with E-state index in [0.717, 1.165) is 6.07 Å². The number of benzene rings is 1. The predicted molar refractivity (Wildman–Crippen MR) is 61.2 cm³/mol. The number of rotatable bonds is 3. The molecular weight excluding hydrogens is 255 g/mol. The number of aliphatic hydroxyl groups excluding tert-OH is 1. The summed E-state index contributed by atoms with van der Waals surface area (Å²) in [5, 5.41) is 11.7. The molecule has 0 aliphatic carbocycles. The first kappa shape index (κ1) is 14.1. The minimum Gasteiger partial charge on any atom is -0.391 e. The minimum atomic E-state index is -4.48. The minimum absolute atomic E-state index is 0.273. The Labute approximate surface area is 102 Å². The molecule has 2 N–H and O–H groups in total. The summed E-state index contributed by atoms with van der Waals surface area (Å²) in [6.07, 6.45) is -5.15. The zero-order chi connectivity index (χ0) is 13.2. The third-order valence-corrected chi connectivity index (χ3v) is 2.72. The highest BCUT2D eigenvalue weighted by Crippen LogP contribution is 2.36. The SMILES string of the molecule is CC(O)C(C)Nc1ccc(Cl)c(C(F)(F)F)c1. The molecule has 0 fully saturated rings. The van der Waals surface area contributed by atoms with Gasteiger partial charge < -0.3 is 10.4 Å². The molecule has 0 aromatic heterocycles. The first-order valence-corrected chi connectivity index (χ1v) is 5.41. The van der Waals surface area contributed by atoms with Gasteiger partial charge in [0.05, 0.1) is 16.7 Å². The van der Waals surface area contributed by atoms with Gasteiger partial charge in [0.15, 0.2) is 0 Å². The summed E-state index contributed by atoms with van der Waals surface area (Å²) >= 11 is 5.48. The Hall–Kier alpha value is -0.940. The van der Waals surface area contributed by atoms with Gasteiger partial charge in [0.25, 0.3) is 0 Å². The maximum Gasteiger partial charge on any atom is 0.417 e. The summed E-state index contributed by atoms with van der Waals surface area (Å²) in [5.41, 5.74) is -0.614. The van der Waals surface area contributed by atoms with Crippen LogP contribution in [-0.2, 0) is 6.18 Å². The molecule has 0 aliphatic rings. The highest BCUT2D eigenvalue weighted by atomic mass is 35.5. The van der Waals surface area contributed by atoms with Gasteiger partial charge in [-0.05, 0) is 32.0 Å². The van der Waals surface area contributed by atoms with E-state index in [2.05, 4.69) is 5.32 Å². The summed E-state index contributed by atoms with van der Waals surface area (Å²) < 4.78 is 37.7. The lowest BCUT2D eigenvalue weighted by Crippen LogP contribution is -2.27. The maximum absolute atomic E-state index is 12.6. The van der Waals surface area contributed by atoms with Gasteiger partial charge in [0.2, 0.25) is 0 Å². The molecule has 0 saturated heterocycles. The molecule has 1 aromatic rings. The molecule has 0 aliphatic heterocycles. The molecular formula is C11H13ClF3NO. The highest BCUT2D eigenvalue weighted by molar-refractivity contribution is 6.31. The second kappa shape index (κ2) is 5.14. The van der Waals surface area contributed by atoms with Crippen LogP contribution >= 0.6 is 11.6 Å². The molecule has 17 heavy (non-hydrogen) atoms. The number of hydrogen-bond acceptors (Lipinski definition) is 2. The zero-order valence-corrected chi connectivity index (χ0v) is 10.1. The van der Waals surface area contributed by atoms with Crippen LogP contribution in [0.3, 0.4) is 0 Å². The molecule has 6 heteroatoms. The summed E-state index contributed by atoms with van der Waals surface area (Å²) in [5.74, 6) is 0. The quantitative estimate of drug-likeness (QED) is 0.878. The summed E-state index contributed by atoms with van der Waals surface area (Å²) in [6.45, 7) is 3.23. The van der Waals surface area contributed by atoms with Gasteiger partial charge in [-0.25, -0.2) is 0 Å². The Kier molecular flexibility index (Phi) is 4.27. The lowest BCUT2D eigenvalue weighted by Gasteiger charge is -2.19. The average Bonchev–Trinajstić information content (AvgIpc) is 2.19. The van der Waals surface area contributed by atoms with Crippen LogP contribution in [0.25, 0.3) is 0 Å². The number of alkyl halides is 3. The van der Waals surface area contributed by atoms with Gasteiger partial charge in [0.1, 0.15) is 0 Å². The topological polar surface area (TPSA) is 32.3 Å². The van der Waals surface area contributed by atoms with E-state index in [4.69, 9.17) is 11.6 Å². The normalized spacial score (nSPS) is 15.5. The number of hydrogen-bond donors (Lipinski definition) is 2. The van der Waals surface area contributed by atoms with Gasteiger partial charge in [-0.2, -0.15) is 13.2 Å². The Bertz CT molecular complexity index is 393. The first-order chi connectivity index (χ1) is 7.71. The van der Waals surface area contributed by atoms with E-state index in [0.29, 0.717) is 0 Å². The van der Waals surface area contributed by atoms with Crippen molar-refractivity contribution < 1.29 is 18.3 Å². The Morgan fingerprint density at radius 2 is 1.88 bits per heavy atom. The lowest BCUT2D eigenvalue weighted by molar-refractivity contribution is -0.137. The second-order valence-corrected chi connectivity index (χ2v) is 4.27. The van der Waals surface area contributed by atoms with Crippen molar-refractivity contribution in [2.24, 2.45) is 0 Å². The van der Waals surface area contributed by atoms with Crippen molar-refractivity contribution in [1.29, 1.82) is 0 Å². The van der Waals surface area contributed by atoms with Crippen LogP contribution in [0.4, 0.5) is 18.9 Å². The van der Waals surface area contributed by atoms with Crippen LogP contribution in [0.1, 0.15) is 19.4 Å².